The Hall–Kier alpha value is -5.55. The number of anilines is 2. The van der Waals surface area contributed by atoms with Gasteiger partial charge in [-0.2, -0.15) is 0 Å². The summed E-state index contributed by atoms with van der Waals surface area (Å²) in [6, 6.07) is 24.5. The van der Waals surface area contributed by atoms with Crippen LogP contribution >= 0.6 is 0 Å². The molecule has 0 spiro atoms. The number of ether oxygens (including phenoxy) is 2. The largest absolute Gasteiger partial charge is 0.507 e. The molecule has 0 aromatic heterocycles. The van der Waals surface area contributed by atoms with E-state index in [2.05, 4.69) is 22.5 Å². The standard InChI is InChI=1S/C31H24N2O6/c1-38-22-16-18-28(34)25(19-22)30(36)33-27-14-8-13-26(32-29(35)21-10-4-3-5-11-21)24(27)17-15-20-9-6-7-12-23(20)31(37)39-2/h3-14,16,18-19,34H,1-2H3,(H,32,35)(H,33,36). The summed E-state index contributed by atoms with van der Waals surface area (Å²) in [5, 5.41) is 15.9. The number of carbonyl (C=O) groups is 3. The molecular formula is C31H24N2O6. The van der Waals surface area contributed by atoms with E-state index in [1.54, 1.807) is 72.8 Å². The molecule has 0 aliphatic carbocycles. The SMILES string of the molecule is COC(=O)c1ccccc1C#Cc1c(NC(=O)c2ccccc2)cccc1NC(=O)c1cc(OC)ccc1O. The second kappa shape index (κ2) is 12.1. The predicted molar refractivity (Wildman–Crippen MR) is 147 cm³/mol. The summed E-state index contributed by atoms with van der Waals surface area (Å²) in [6.07, 6.45) is 0. The van der Waals surface area contributed by atoms with Crippen LogP contribution in [0.4, 0.5) is 11.4 Å². The van der Waals surface area contributed by atoms with E-state index < -0.39 is 11.9 Å². The van der Waals surface area contributed by atoms with Crippen LogP contribution in [0.2, 0.25) is 0 Å². The van der Waals surface area contributed by atoms with E-state index in [1.807, 2.05) is 0 Å². The molecule has 39 heavy (non-hydrogen) atoms. The first-order valence-electron chi connectivity index (χ1n) is 11.8. The van der Waals surface area contributed by atoms with Crippen LogP contribution in [0.3, 0.4) is 0 Å². The van der Waals surface area contributed by atoms with Crippen molar-refractivity contribution in [2.75, 3.05) is 24.9 Å². The number of hydrogen-bond donors (Lipinski definition) is 3. The number of amides is 2. The van der Waals surface area contributed by atoms with Gasteiger partial charge < -0.3 is 25.2 Å². The van der Waals surface area contributed by atoms with Gasteiger partial charge >= 0.3 is 5.97 Å². The Balaban J connectivity index is 1.78. The Kier molecular flexibility index (Phi) is 8.24. The van der Waals surface area contributed by atoms with Gasteiger partial charge in [0.2, 0.25) is 0 Å². The van der Waals surface area contributed by atoms with Gasteiger partial charge in [0.05, 0.1) is 42.3 Å². The van der Waals surface area contributed by atoms with Gasteiger partial charge in [0, 0.05) is 11.1 Å². The summed E-state index contributed by atoms with van der Waals surface area (Å²) in [6.45, 7) is 0. The lowest BCUT2D eigenvalue weighted by Crippen LogP contribution is -2.16. The van der Waals surface area contributed by atoms with Crippen LogP contribution in [0.5, 0.6) is 11.5 Å². The third-order valence-corrected chi connectivity index (χ3v) is 5.70. The molecule has 4 aromatic rings. The van der Waals surface area contributed by atoms with Gasteiger partial charge in [-0.25, -0.2) is 4.79 Å². The number of phenols is 1. The van der Waals surface area contributed by atoms with E-state index >= 15 is 0 Å². The highest BCUT2D eigenvalue weighted by Crippen LogP contribution is 2.28. The molecule has 194 valence electrons. The average Bonchev–Trinajstić information content (AvgIpc) is 2.97. The van der Waals surface area contributed by atoms with Crippen LogP contribution in [0.25, 0.3) is 0 Å². The third-order valence-electron chi connectivity index (χ3n) is 5.70. The van der Waals surface area contributed by atoms with Gasteiger partial charge in [0.25, 0.3) is 11.8 Å². The molecule has 4 aromatic carbocycles. The molecular weight excluding hydrogens is 496 g/mol. The second-order valence-electron chi connectivity index (χ2n) is 8.17. The first-order chi connectivity index (χ1) is 18.9. The van der Waals surface area contributed by atoms with Crippen molar-refractivity contribution in [1.82, 2.24) is 0 Å². The Morgan fingerprint density at radius 2 is 1.38 bits per heavy atom. The van der Waals surface area contributed by atoms with Gasteiger partial charge in [-0.3, -0.25) is 9.59 Å². The van der Waals surface area contributed by atoms with E-state index in [0.717, 1.165) is 0 Å². The van der Waals surface area contributed by atoms with Crippen molar-refractivity contribution < 1.29 is 29.0 Å². The van der Waals surface area contributed by atoms with Crippen molar-refractivity contribution >= 4 is 29.2 Å². The first kappa shape index (κ1) is 26.5. The van der Waals surface area contributed by atoms with Crippen LogP contribution in [0, 0.1) is 11.8 Å². The van der Waals surface area contributed by atoms with Crippen LogP contribution in [0.15, 0.2) is 91.0 Å². The molecule has 0 unspecified atom stereocenters. The van der Waals surface area contributed by atoms with Gasteiger partial charge in [-0.1, -0.05) is 48.2 Å². The highest BCUT2D eigenvalue weighted by molar-refractivity contribution is 6.09. The van der Waals surface area contributed by atoms with E-state index in [0.29, 0.717) is 22.6 Å². The fraction of sp³-hybridized carbons (Fsp3) is 0.0645. The molecule has 8 heteroatoms. The van der Waals surface area contributed by atoms with Gasteiger partial charge in [-0.15, -0.1) is 0 Å². The Bertz CT molecular complexity index is 1600. The van der Waals surface area contributed by atoms with Crippen LogP contribution in [0.1, 0.15) is 42.2 Å². The second-order valence-corrected chi connectivity index (χ2v) is 8.17. The Morgan fingerprint density at radius 1 is 0.718 bits per heavy atom. The maximum atomic E-state index is 13.1. The molecule has 0 aliphatic rings. The normalized spacial score (nSPS) is 10.0. The minimum absolute atomic E-state index is 0.0111. The first-order valence-corrected chi connectivity index (χ1v) is 11.8. The van der Waals surface area contributed by atoms with Crippen molar-refractivity contribution in [3.63, 3.8) is 0 Å². The molecule has 8 nitrogen and oxygen atoms in total. The molecule has 0 radical (unpaired) electrons. The number of hydrogen-bond acceptors (Lipinski definition) is 6. The van der Waals surface area contributed by atoms with E-state index in [-0.39, 0.29) is 34.0 Å². The van der Waals surface area contributed by atoms with E-state index in [4.69, 9.17) is 9.47 Å². The number of aromatic hydroxyl groups is 1. The molecule has 0 fully saturated rings. The molecule has 0 aliphatic heterocycles. The number of carbonyl (C=O) groups excluding carboxylic acids is 3. The molecule has 3 N–H and O–H groups in total. The maximum Gasteiger partial charge on any atom is 0.339 e. The predicted octanol–water partition coefficient (Wildman–Crippen LogP) is 5.09. The summed E-state index contributed by atoms with van der Waals surface area (Å²) in [5.74, 6) is 4.57. The fourth-order valence-electron chi connectivity index (χ4n) is 3.70. The lowest BCUT2D eigenvalue weighted by molar-refractivity contribution is 0.0600. The average molecular weight is 521 g/mol. The lowest BCUT2D eigenvalue weighted by Gasteiger charge is -2.14. The number of phenolic OH excluding ortho intramolecular Hbond substituents is 1. The summed E-state index contributed by atoms with van der Waals surface area (Å²) in [4.78, 5) is 38.3. The Labute approximate surface area is 225 Å². The molecule has 0 heterocycles. The third kappa shape index (κ3) is 6.24. The molecule has 0 saturated carbocycles. The highest BCUT2D eigenvalue weighted by atomic mass is 16.5. The lowest BCUT2D eigenvalue weighted by atomic mass is 10.1. The zero-order chi connectivity index (χ0) is 27.8. The van der Waals surface area contributed by atoms with E-state index in [1.165, 1.54) is 32.4 Å². The minimum Gasteiger partial charge on any atom is -0.507 e. The molecule has 0 saturated heterocycles. The van der Waals surface area contributed by atoms with Crippen molar-refractivity contribution in [1.29, 1.82) is 0 Å². The molecule has 4 rings (SSSR count). The monoisotopic (exact) mass is 520 g/mol. The quantitative estimate of drug-likeness (QED) is 0.241. The van der Waals surface area contributed by atoms with E-state index in [9.17, 15) is 19.5 Å². The molecule has 0 bridgehead atoms. The zero-order valence-electron chi connectivity index (χ0n) is 21.1. The molecule has 2 amide bonds. The number of benzene rings is 4. The number of nitrogens with one attached hydrogen (secondary N) is 2. The summed E-state index contributed by atoms with van der Waals surface area (Å²) in [5.41, 5.74) is 1.99. The van der Waals surface area contributed by atoms with Gasteiger partial charge in [0.1, 0.15) is 11.5 Å². The highest BCUT2D eigenvalue weighted by Gasteiger charge is 2.17. The van der Waals surface area contributed by atoms with Gasteiger partial charge in [-0.05, 0) is 54.6 Å². The van der Waals surface area contributed by atoms with Crippen LogP contribution in [-0.4, -0.2) is 37.1 Å². The van der Waals surface area contributed by atoms with Crippen molar-refractivity contribution in [2.45, 2.75) is 0 Å². The number of rotatable bonds is 6. The maximum absolute atomic E-state index is 13.1. The number of esters is 1. The van der Waals surface area contributed by atoms with Crippen LogP contribution in [-0.2, 0) is 4.74 Å². The summed E-state index contributed by atoms with van der Waals surface area (Å²) in [7, 11) is 2.73. The summed E-state index contributed by atoms with van der Waals surface area (Å²) >= 11 is 0. The fourth-order valence-corrected chi connectivity index (χ4v) is 3.70. The minimum atomic E-state index is -0.615. The topological polar surface area (TPSA) is 114 Å². The van der Waals surface area contributed by atoms with Crippen molar-refractivity contribution in [2.24, 2.45) is 0 Å². The van der Waals surface area contributed by atoms with Crippen LogP contribution < -0.4 is 15.4 Å². The summed E-state index contributed by atoms with van der Waals surface area (Å²) < 4.78 is 10.0. The van der Waals surface area contributed by atoms with Gasteiger partial charge in [0.15, 0.2) is 0 Å². The Morgan fingerprint density at radius 3 is 2.08 bits per heavy atom. The van der Waals surface area contributed by atoms with Crippen molar-refractivity contribution in [3.05, 3.63) is 119 Å². The zero-order valence-corrected chi connectivity index (χ0v) is 21.1. The van der Waals surface area contributed by atoms with Crippen molar-refractivity contribution in [3.8, 4) is 23.3 Å². The smallest absolute Gasteiger partial charge is 0.339 e. The molecule has 0 atom stereocenters. The number of methoxy groups -OCH3 is 2.